The molecule has 0 aliphatic carbocycles. The molecular weight excluding hydrogens is 384 g/mol. The minimum atomic E-state index is -0.221. The molecule has 31 heavy (non-hydrogen) atoms. The number of anilines is 1. The van der Waals surface area contributed by atoms with Crippen LogP contribution in [0.5, 0.6) is 0 Å². The molecule has 4 heteroatoms. The quantitative estimate of drug-likeness (QED) is 0.647. The zero-order valence-corrected chi connectivity index (χ0v) is 19.5. The summed E-state index contributed by atoms with van der Waals surface area (Å²) in [5, 5.41) is 0. The number of carbonyl (C=O) groups excluding carboxylic acids is 2. The molecule has 0 saturated carbocycles. The lowest BCUT2D eigenvalue weighted by molar-refractivity contribution is -0.120. The van der Waals surface area contributed by atoms with Crippen LogP contribution in [0.3, 0.4) is 0 Å². The van der Waals surface area contributed by atoms with Crippen molar-refractivity contribution < 1.29 is 9.59 Å². The van der Waals surface area contributed by atoms with Gasteiger partial charge < -0.3 is 4.90 Å². The zero-order chi connectivity index (χ0) is 22.4. The lowest BCUT2D eigenvalue weighted by Crippen LogP contribution is -2.42. The summed E-state index contributed by atoms with van der Waals surface area (Å²) in [6.07, 6.45) is 1.14. The maximum absolute atomic E-state index is 13.8. The number of nitrogens with zero attached hydrogens (tertiary/aromatic N) is 2. The summed E-state index contributed by atoms with van der Waals surface area (Å²) in [4.78, 5) is 31.1. The Labute approximate surface area is 185 Å². The Kier molecular flexibility index (Phi) is 5.50. The minimum absolute atomic E-state index is 0.202. The summed E-state index contributed by atoms with van der Waals surface area (Å²) in [5.41, 5.74) is 6.94. The van der Waals surface area contributed by atoms with Crippen LogP contribution >= 0.6 is 0 Å². The highest BCUT2D eigenvalue weighted by molar-refractivity contribution is 6.45. The topological polar surface area (TPSA) is 40.6 Å². The first kappa shape index (κ1) is 21.4. The Morgan fingerprint density at radius 2 is 1.45 bits per heavy atom. The molecule has 2 aliphatic rings. The minimum Gasteiger partial charge on any atom is -0.366 e. The second-order valence-electron chi connectivity index (χ2n) is 9.61. The highest BCUT2D eigenvalue weighted by Crippen LogP contribution is 2.38. The van der Waals surface area contributed by atoms with Gasteiger partial charge >= 0.3 is 0 Å². The normalized spacial score (nSPS) is 22.0. The molecule has 2 aliphatic heterocycles. The molecule has 1 saturated heterocycles. The number of benzene rings is 2. The van der Waals surface area contributed by atoms with Crippen LogP contribution in [0, 0.1) is 39.5 Å². The molecule has 2 heterocycles. The molecule has 4 rings (SSSR count). The Bertz CT molecular complexity index is 1090. The molecule has 0 N–H and O–H groups in total. The van der Waals surface area contributed by atoms with E-state index in [2.05, 4.69) is 25.7 Å². The van der Waals surface area contributed by atoms with Gasteiger partial charge in [0.25, 0.3) is 11.8 Å². The maximum atomic E-state index is 13.8. The summed E-state index contributed by atoms with van der Waals surface area (Å²) in [6.45, 7) is 14.1. The molecule has 2 unspecified atom stereocenters. The first-order chi connectivity index (χ1) is 14.7. The number of piperidine rings is 1. The van der Waals surface area contributed by atoms with Crippen LogP contribution < -0.4 is 4.90 Å². The van der Waals surface area contributed by atoms with E-state index < -0.39 is 0 Å². The van der Waals surface area contributed by atoms with Crippen molar-refractivity contribution >= 4 is 23.1 Å². The summed E-state index contributed by atoms with van der Waals surface area (Å²) < 4.78 is 0. The molecule has 0 bridgehead atoms. The van der Waals surface area contributed by atoms with Crippen molar-refractivity contribution in [2.75, 3.05) is 18.0 Å². The first-order valence-electron chi connectivity index (χ1n) is 11.2. The van der Waals surface area contributed by atoms with Crippen LogP contribution in [-0.2, 0) is 9.59 Å². The zero-order valence-electron chi connectivity index (χ0n) is 19.5. The van der Waals surface area contributed by atoms with Crippen molar-refractivity contribution in [2.45, 2.75) is 48.0 Å². The fourth-order valence-electron chi connectivity index (χ4n) is 5.09. The first-order valence-corrected chi connectivity index (χ1v) is 11.2. The Hall–Kier alpha value is -2.88. The number of amides is 2. The van der Waals surface area contributed by atoms with Gasteiger partial charge in [0.2, 0.25) is 0 Å². The van der Waals surface area contributed by atoms with Gasteiger partial charge in [-0.15, -0.1) is 0 Å². The van der Waals surface area contributed by atoms with Gasteiger partial charge in [-0.3, -0.25) is 9.59 Å². The van der Waals surface area contributed by atoms with E-state index in [-0.39, 0.29) is 11.8 Å². The number of aryl methyl sites for hydroxylation is 4. The van der Waals surface area contributed by atoms with Gasteiger partial charge in [-0.25, -0.2) is 4.90 Å². The lowest BCUT2D eigenvalue weighted by Gasteiger charge is -2.37. The van der Waals surface area contributed by atoms with E-state index in [1.807, 2.05) is 57.2 Å². The van der Waals surface area contributed by atoms with E-state index >= 15 is 0 Å². The average molecular weight is 417 g/mol. The summed E-state index contributed by atoms with van der Waals surface area (Å²) >= 11 is 0. The molecule has 2 amide bonds. The van der Waals surface area contributed by atoms with Crippen LogP contribution in [0.15, 0.2) is 42.1 Å². The number of imide groups is 1. The van der Waals surface area contributed by atoms with Crippen molar-refractivity contribution in [3.05, 3.63) is 69.9 Å². The maximum Gasteiger partial charge on any atom is 0.282 e. The molecule has 0 radical (unpaired) electrons. The van der Waals surface area contributed by atoms with Crippen molar-refractivity contribution in [3.8, 4) is 0 Å². The van der Waals surface area contributed by atoms with E-state index in [1.165, 1.54) is 10.5 Å². The molecule has 1 fully saturated rings. The van der Waals surface area contributed by atoms with Gasteiger partial charge in [-0.05, 0) is 74.3 Å². The van der Waals surface area contributed by atoms with E-state index in [0.29, 0.717) is 28.8 Å². The largest absolute Gasteiger partial charge is 0.366 e. The van der Waals surface area contributed by atoms with Crippen LogP contribution in [0.25, 0.3) is 5.57 Å². The van der Waals surface area contributed by atoms with Crippen LogP contribution in [0.4, 0.5) is 5.69 Å². The standard InChI is InChI=1S/C27H32N2O2/c1-16-7-10-23(21(6)12-16)29-26(30)24(22-9-8-19(4)20(5)13-22)25(27(29)31)28-14-17(2)11-18(3)15-28/h7-10,12-13,17-18H,11,14-15H2,1-6H3. The van der Waals surface area contributed by atoms with Gasteiger partial charge in [-0.2, -0.15) is 0 Å². The average Bonchev–Trinajstić information content (AvgIpc) is 2.94. The summed E-state index contributed by atoms with van der Waals surface area (Å²) in [6, 6.07) is 11.9. The van der Waals surface area contributed by atoms with Crippen molar-refractivity contribution in [1.82, 2.24) is 4.90 Å². The van der Waals surface area contributed by atoms with Gasteiger partial charge in [0.15, 0.2) is 0 Å². The smallest absolute Gasteiger partial charge is 0.282 e. The van der Waals surface area contributed by atoms with Gasteiger partial charge in [0, 0.05) is 13.1 Å². The predicted molar refractivity (Wildman–Crippen MR) is 126 cm³/mol. The van der Waals surface area contributed by atoms with E-state index in [0.717, 1.165) is 41.8 Å². The molecule has 2 aromatic rings. The fraction of sp³-hybridized carbons (Fsp3) is 0.407. The highest BCUT2D eigenvalue weighted by Gasteiger charge is 2.44. The number of hydrogen-bond donors (Lipinski definition) is 0. The second kappa shape index (κ2) is 7.99. The SMILES string of the molecule is Cc1ccc(N2C(=O)C(c3ccc(C)c(C)c3)=C(N3CC(C)CC(C)C3)C2=O)c(C)c1. The molecule has 2 aromatic carbocycles. The molecule has 4 nitrogen and oxygen atoms in total. The molecule has 0 aromatic heterocycles. The third-order valence-corrected chi connectivity index (χ3v) is 6.63. The molecule has 0 spiro atoms. The van der Waals surface area contributed by atoms with Crippen LogP contribution in [0.2, 0.25) is 0 Å². The molecule has 162 valence electrons. The van der Waals surface area contributed by atoms with E-state index in [9.17, 15) is 9.59 Å². The Morgan fingerprint density at radius 3 is 2.06 bits per heavy atom. The van der Waals surface area contributed by atoms with Crippen molar-refractivity contribution in [1.29, 1.82) is 0 Å². The van der Waals surface area contributed by atoms with Gasteiger partial charge in [-0.1, -0.05) is 49.7 Å². The number of carbonyl (C=O) groups is 2. The number of rotatable bonds is 3. The molecular formula is C27H32N2O2. The van der Waals surface area contributed by atoms with E-state index in [4.69, 9.17) is 0 Å². The van der Waals surface area contributed by atoms with Crippen LogP contribution in [-0.4, -0.2) is 29.8 Å². The highest BCUT2D eigenvalue weighted by atomic mass is 16.2. The summed E-state index contributed by atoms with van der Waals surface area (Å²) in [7, 11) is 0. The Balaban J connectivity index is 1.87. The third kappa shape index (κ3) is 3.80. The second-order valence-corrected chi connectivity index (χ2v) is 9.61. The van der Waals surface area contributed by atoms with Gasteiger partial charge in [0.05, 0.1) is 11.3 Å². The fourth-order valence-corrected chi connectivity index (χ4v) is 5.09. The monoisotopic (exact) mass is 416 g/mol. The summed E-state index contributed by atoms with van der Waals surface area (Å²) in [5.74, 6) is 0.540. The predicted octanol–water partition coefficient (Wildman–Crippen LogP) is 5.18. The Morgan fingerprint density at radius 1 is 0.774 bits per heavy atom. The van der Waals surface area contributed by atoms with Crippen molar-refractivity contribution in [3.63, 3.8) is 0 Å². The van der Waals surface area contributed by atoms with E-state index in [1.54, 1.807) is 0 Å². The third-order valence-electron chi connectivity index (χ3n) is 6.63. The van der Waals surface area contributed by atoms with Crippen molar-refractivity contribution in [2.24, 2.45) is 11.8 Å². The number of likely N-dealkylation sites (tertiary alicyclic amines) is 1. The lowest BCUT2D eigenvalue weighted by atomic mass is 9.90. The molecule has 2 atom stereocenters. The number of hydrogen-bond acceptors (Lipinski definition) is 3. The van der Waals surface area contributed by atoms with Gasteiger partial charge in [0.1, 0.15) is 5.70 Å². The van der Waals surface area contributed by atoms with Crippen LogP contribution in [0.1, 0.15) is 48.1 Å².